The molecular formula is C26H24ClF4N5O3. The molecular weight excluding hydrogens is 542 g/mol. The Bertz CT molecular complexity index is 1380. The van der Waals surface area contributed by atoms with Crippen molar-refractivity contribution in [2.75, 3.05) is 30.9 Å². The first kappa shape index (κ1) is 28.2. The second kappa shape index (κ2) is 11.5. The molecule has 206 valence electrons. The van der Waals surface area contributed by atoms with E-state index in [1.165, 1.54) is 18.5 Å². The highest BCUT2D eigenvalue weighted by atomic mass is 35.5. The van der Waals surface area contributed by atoms with Crippen LogP contribution in [0.3, 0.4) is 0 Å². The molecule has 1 atom stereocenters. The molecule has 39 heavy (non-hydrogen) atoms. The molecule has 13 heteroatoms. The Morgan fingerprint density at radius 3 is 2.62 bits per heavy atom. The summed E-state index contributed by atoms with van der Waals surface area (Å²) in [5.74, 6) is -1.78. The van der Waals surface area contributed by atoms with Crippen LogP contribution in [0, 0.1) is 11.2 Å². The van der Waals surface area contributed by atoms with Gasteiger partial charge in [-0.05, 0) is 30.7 Å². The predicted octanol–water partition coefficient (Wildman–Crippen LogP) is 5.37. The molecule has 1 amide bonds. The smallest absolute Gasteiger partial charge is 0.387 e. The van der Waals surface area contributed by atoms with E-state index in [-0.39, 0.29) is 41.8 Å². The number of ketones is 1. The van der Waals surface area contributed by atoms with E-state index >= 15 is 0 Å². The van der Waals surface area contributed by atoms with Gasteiger partial charge < -0.3 is 20.7 Å². The number of carbonyl (C=O) groups excluding carboxylic acids is 2. The fraction of sp³-hybridized carbons (Fsp3) is 0.308. The molecule has 3 heterocycles. The highest BCUT2D eigenvalue weighted by Gasteiger charge is 2.44. The monoisotopic (exact) mass is 565 g/mol. The Kier molecular flexibility index (Phi) is 8.36. The highest BCUT2D eigenvalue weighted by molar-refractivity contribution is 6.31. The van der Waals surface area contributed by atoms with E-state index in [4.69, 9.17) is 16.3 Å². The Labute approximate surface area is 226 Å². The van der Waals surface area contributed by atoms with Gasteiger partial charge in [-0.2, -0.15) is 13.2 Å². The summed E-state index contributed by atoms with van der Waals surface area (Å²) in [6, 6.07) is 5.55. The quantitative estimate of drug-likeness (QED) is 0.237. The number of pyridine rings is 2. The fourth-order valence-corrected chi connectivity index (χ4v) is 4.43. The van der Waals surface area contributed by atoms with E-state index in [1.807, 2.05) is 0 Å². The van der Waals surface area contributed by atoms with E-state index in [1.54, 1.807) is 19.3 Å². The minimum absolute atomic E-state index is 0.0225. The molecule has 1 aromatic carbocycles. The Hall–Kier alpha value is -3.77. The first-order valence-corrected chi connectivity index (χ1v) is 12.2. The predicted molar refractivity (Wildman–Crippen MR) is 136 cm³/mol. The second-order valence-corrected chi connectivity index (χ2v) is 9.42. The number of Topliss-reactive ketones (excluding diaryl/α,β-unsaturated/α-hetero) is 1. The third-order valence-corrected chi connectivity index (χ3v) is 6.68. The van der Waals surface area contributed by atoms with Gasteiger partial charge in [-0.25, -0.2) is 4.39 Å². The number of ether oxygens (including phenoxy) is 1. The van der Waals surface area contributed by atoms with Crippen LogP contribution in [0.15, 0.2) is 48.9 Å². The maximum absolute atomic E-state index is 14.2. The topological polar surface area (TPSA) is 105 Å². The van der Waals surface area contributed by atoms with Crippen LogP contribution in [0.25, 0.3) is 0 Å². The average Bonchev–Trinajstić information content (AvgIpc) is 3.38. The summed E-state index contributed by atoms with van der Waals surface area (Å²) in [4.78, 5) is 34.3. The van der Waals surface area contributed by atoms with E-state index in [0.717, 1.165) is 18.2 Å². The number of rotatable bonds is 9. The molecule has 3 N–H and O–H groups in total. The second-order valence-electron chi connectivity index (χ2n) is 9.02. The van der Waals surface area contributed by atoms with Crippen molar-refractivity contribution >= 4 is 40.4 Å². The van der Waals surface area contributed by atoms with Gasteiger partial charge >= 0.3 is 6.18 Å². The lowest BCUT2D eigenvalue weighted by atomic mass is 9.80. The molecule has 0 radical (unpaired) electrons. The van der Waals surface area contributed by atoms with Gasteiger partial charge in [-0.15, -0.1) is 0 Å². The average molecular weight is 566 g/mol. The zero-order valence-electron chi connectivity index (χ0n) is 20.7. The van der Waals surface area contributed by atoms with Crippen LogP contribution in [0.1, 0.15) is 34.5 Å². The van der Waals surface area contributed by atoms with Crippen LogP contribution >= 0.6 is 11.6 Å². The summed E-state index contributed by atoms with van der Waals surface area (Å²) in [7, 11) is 1.70. The number of anilines is 3. The molecule has 3 aromatic rings. The number of benzene rings is 1. The molecule has 0 spiro atoms. The molecule has 1 saturated heterocycles. The van der Waals surface area contributed by atoms with Crippen LogP contribution in [0.5, 0.6) is 0 Å². The number of carbonyl (C=O) groups is 2. The fourth-order valence-electron chi connectivity index (χ4n) is 4.19. The summed E-state index contributed by atoms with van der Waals surface area (Å²) in [5, 5.41) is 8.06. The third-order valence-electron chi connectivity index (χ3n) is 6.35. The Morgan fingerprint density at radius 1 is 1.15 bits per heavy atom. The standard InChI is InChI=1S/C26H24ClF4N5O3/c1-32-16-7-15(10-33-11-16)22(37)9-25(5-6-39-14-25)24(38)35-13-21-19(27)8-17(12-34-21)36-23-18(26(29,30)31)3-2-4-20(23)28/h2-4,7-8,10-12,32,36H,5-6,9,13-14H2,1H3,(H,35,38)/t25-/m0/s1. The van der Waals surface area contributed by atoms with Gasteiger partial charge in [0.2, 0.25) is 5.91 Å². The number of nitrogens with zero attached hydrogens (tertiary/aromatic N) is 2. The SMILES string of the molecule is CNc1cncc(C(=O)C[C@@]2(C(=O)NCc3ncc(Nc4c(F)cccc4C(F)(F)F)cc3Cl)CCOC2)c1. The molecule has 0 unspecified atom stereocenters. The van der Waals surface area contributed by atoms with Crippen molar-refractivity contribution in [3.8, 4) is 0 Å². The molecule has 4 rings (SSSR count). The summed E-state index contributed by atoms with van der Waals surface area (Å²) in [5.41, 5.74) is -1.77. The molecule has 0 aliphatic carbocycles. The van der Waals surface area contributed by atoms with Crippen molar-refractivity contribution < 1.29 is 31.9 Å². The summed E-state index contributed by atoms with van der Waals surface area (Å²) in [6.07, 6.45) is -0.358. The third kappa shape index (κ3) is 6.45. The van der Waals surface area contributed by atoms with E-state index < -0.39 is 34.6 Å². The number of halogens is 5. The largest absolute Gasteiger partial charge is 0.418 e. The van der Waals surface area contributed by atoms with Crippen molar-refractivity contribution in [1.82, 2.24) is 15.3 Å². The number of alkyl halides is 3. The lowest BCUT2D eigenvalue weighted by molar-refractivity contribution is -0.137. The Morgan fingerprint density at radius 2 is 1.95 bits per heavy atom. The lowest BCUT2D eigenvalue weighted by Crippen LogP contribution is -2.43. The highest BCUT2D eigenvalue weighted by Crippen LogP contribution is 2.38. The van der Waals surface area contributed by atoms with Crippen molar-refractivity contribution in [2.45, 2.75) is 25.6 Å². The summed E-state index contributed by atoms with van der Waals surface area (Å²) >= 11 is 6.27. The summed E-state index contributed by atoms with van der Waals surface area (Å²) < 4.78 is 59.5. The van der Waals surface area contributed by atoms with Gasteiger partial charge in [0, 0.05) is 38.0 Å². The lowest BCUT2D eigenvalue weighted by Gasteiger charge is -2.25. The minimum Gasteiger partial charge on any atom is -0.387 e. The van der Waals surface area contributed by atoms with E-state index in [9.17, 15) is 27.2 Å². The molecule has 2 aromatic heterocycles. The number of hydrogen-bond donors (Lipinski definition) is 3. The van der Waals surface area contributed by atoms with Gasteiger partial charge in [0.05, 0.1) is 58.1 Å². The molecule has 8 nitrogen and oxygen atoms in total. The van der Waals surface area contributed by atoms with Crippen LogP contribution in [-0.4, -0.2) is 41.9 Å². The van der Waals surface area contributed by atoms with Crippen molar-refractivity contribution in [3.63, 3.8) is 0 Å². The van der Waals surface area contributed by atoms with Crippen LogP contribution in [0.4, 0.5) is 34.6 Å². The molecule has 0 bridgehead atoms. The first-order valence-electron chi connectivity index (χ1n) is 11.8. The molecule has 1 fully saturated rings. The normalized spacial score (nSPS) is 17.1. The van der Waals surface area contributed by atoms with Crippen LogP contribution < -0.4 is 16.0 Å². The van der Waals surface area contributed by atoms with Crippen molar-refractivity contribution in [1.29, 1.82) is 0 Å². The summed E-state index contributed by atoms with van der Waals surface area (Å²) in [6.45, 7) is 0.251. The number of amides is 1. The van der Waals surface area contributed by atoms with Crippen LogP contribution in [-0.2, 0) is 22.3 Å². The first-order chi connectivity index (χ1) is 18.5. The zero-order valence-corrected chi connectivity index (χ0v) is 21.4. The molecule has 1 aliphatic rings. The van der Waals surface area contributed by atoms with Gasteiger partial charge in [0.1, 0.15) is 5.82 Å². The molecule has 0 saturated carbocycles. The number of aromatic nitrogens is 2. The van der Waals surface area contributed by atoms with E-state index in [2.05, 4.69) is 25.9 Å². The molecule has 1 aliphatic heterocycles. The Balaban J connectivity index is 1.45. The zero-order chi connectivity index (χ0) is 28.2. The van der Waals surface area contributed by atoms with Gasteiger partial charge in [0.25, 0.3) is 0 Å². The van der Waals surface area contributed by atoms with Crippen molar-refractivity contribution in [3.05, 3.63) is 76.6 Å². The van der Waals surface area contributed by atoms with Gasteiger partial charge in [0.15, 0.2) is 5.78 Å². The van der Waals surface area contributed by atoms with Crippen molar-refractivity contribution in [2.24, 2.45) is 5.41 Å². The van der Waals surface area contributed by atoms with Gasteiger partial charge in [-0.3, -0.25) is 19.6 Å². The van der Waals surface area contributed by atoms with Gasteiger partial charge in [-0.1, -0.05) is 17.7 Å². The van der Waals surface area contributed by atoms with E-state index in [0.29, 0.717) is 24.3 Å². The number of nitrogens with one attached hydrogen (secondary N) is 3. The maximum Gasteiger partial charge on any atom is 0.418 e. The maximum atomic E-state index is 14.2. The number of hydrogen-bond acceptors (Lipinski definition) is 7. The van der Waals surface area contributed by atoms with Crippen LogP contribution in [0.2, 0.25) is 5.02 Å². The number of para-hydroxylation sites is 1. The minimum atomic E-state index is -4.78.